The van der Waals surface area contributed by atoms with Gasteiger partial charge in [0, 0.05) is 5.39 Å². The Morgan fingerprint density at radius 2 is 1.86 bits per heavy atom. The molecule has 3 heteroatoms. The van der Waals surface area contributed by atoms with Gasteiger partial charge in [0.05, 0.1) is 5.69 Å². The minimum Gasteiger partial charge on any atom is -0.446 e. The quantitative estimate of drug-likeness (QED) is 0.661. The number of benzene rings is 2. The van der Waals surface area contributed by atoms with Crippen LogP contribution in [0.5, 0.6) is 0 Å². The summed E-state index contributed by atoms with van der Waals surface area (Å²) in [4.78, 5) is 12.1. The molecule has 2 aromatic carbocycles. The number of ether oxygens (including phenoxy) is 1. The summed E-state index contributed by atoms with van der Waals surface area (Å²) in [7, 11) is 0. The molecule has 0 saturated carbocycles. The van der Waals surface area contributed by atoms with Crippen molar-refractivity contribution in [1.82, 2.24) is 0 Å². The standard InChI is InChI=1S/C19H25NO2/c1-3-5-6-12-16(4-2)22-19(21)20-18-14-9-11-15-10-7-8-13-17(15)18/h7-11,13-14,16H,3-6,12H2,1-2H3,(H,20,21). The fourth-order valence-corrected chi connectivity index (χ4v) is 2.59. The van der Waals surface area contributed by atoms with E-state index in [-0.39, 0.29) is 12.2 Å². The van der Waals surface area contributed by atoms with Crippen molar-refractivity contribution in [2.45, 2.75) is 52.1 Å². The van der Waals surface area contributed by atoms with Gasteiger partial charge in [-0.05, 0) is 30.7 Å². The molecule has 1 unspecified atom stereocenters. The van der Waals surface area contributed by atoms with Crippen LogP contribution in [0.25, 0.3) is 10.8 Å². The van der Waals surface area contributed by atoms with Gasteiger partial charge in [0.15, 0.2) is 0 Å². The monoisotopic (exact) mass is 299 g/mol. The lowest BCUT2D eigenvalue weighted by molar-refractivity contribution is 0.101. The fourth-order valence-electron chi connectivity index (χ4n) is 2.59. The Hall–Kier alpha value is -2.03. The Kier molecular flexibility index (Phi) is 6.26. The number of carbonyl (C=O) groups is 1. The molecule has 0 aliphatic carbocycles. The smallest absolute Gasteiger partial charge is 0.411 e. The summed E-state index contributed by atoms with van der Waals surface area (Å²) in [6.07, 6.45) is 4.90. The van der Waals surface area contributed by atoms with Crippen LogP contribution in [-0.2, 0) is 4.74 Å². The molecule has 0 fully saturated rings. The summed E-state index contributed by atoms with van der Waals surface area (Å²) in [5, 5.41) is 5.01. The number of amides is 1. The lowest BCUT2D eigenvalue weighted by Gasteiger charge is -2.17. The molecule has 1 N–H and O–H groups in total. The second-order valence-electron chi connectivity index (χ2n) is 5.58. The van der Waals surface area contributed by atoms with Gasteiger partial charge in [-0.15, -0.1) is 0 Å². The van der Waals surface area contributed by atoms with Crippen molar-refractivity contribution in [3.05, 3.63) is 42.5 Å². The van der Waals surface area contributed by atoms with Gasteiger partial charge >= 0.3 is 6.09 Å². The number of anilines is 1. The summed E-state index contributed by atoms with van der Waals surface area (Å²) in [5.74, 6) is 0. The van der Waals surface area contributed by atoms with Crippen molar-refractivity contribution in [2.75, 3.05) is 5.32 Å². The van der Waals surface area contributed by atoms with Crippen LogP contribution < -0.4 is 5.32 Å². The highest BCUT2D eigenvalue weighted by Crippen LogP contribution is 2.23. The highest BCUT2D eigenvalue weighted by Gasteiger charge is 2.13. The normalized spacial score (nSPS) is 12.1. The molecule has 0 saturated heterocycles. The maximum absolute atomic E-state index is 12.1. The average Bonchev–Trinajstić information content (AvgIpc) is 2.54. The molecule has 0 aliphatic rings. The Balaban J connectivity index is 1.98. The molecule has 0 heterocycles. The van der Waals surface area contributed by atoms with Crippen molar-refractivity contribution in [1.29, 1.82) is 0 Å². The molecule has 3 nitrogen and oxygen atoms in total. The van der Waals surface area contributed by atoms with Crippen LogP contribution in [0, 0.1) is 0 Å². The molecule has 1 amide bonds. The predicted molar refractivity (Wildman–Crippen MR) is 92.3 cm³/mol. The van der Waals surface area contributed by atoms with E-state index in [1.54, 1.807) is 0 Å². The van der Waals surface area contributed by atoms with Gasteiger partial charge in [0.25, 0.3) is 0 Å². The average molecular weight is 299 g/mol. The first-order chi connectivity index (χ1) is 10.7. The summed E-state index contributed by atoms with van der Waals surface area (Å²) in [6, 6.07) is 13.9. The van der Waals surface area contributed by atoms with Crippen LogP contribution in [0.15, 0.2) is 42.5 Å². The molecule has 118 valence electrons. The van der Waals surface area contributed by atoms with Gasteiger partial charge in [-0.3, -0.25) is 5.32 Å². The lowest BCUT2D eigenvalue weighted by atomic mass is 10.1. The summed E-state index contributed by atoms with van der Waals surface area (Å²) in [6.45, 7) is 4.23. The van der Waals surface area contributed by atoms with Gasteiger partial charge in [-0.1, -0.05) is 63.1 Å². The third-order valence-corrected chi connectivity index (χ3v) is 3.89. The number of hydrogen-bond donors (Lipinski definition) is 1. The van der Waals surface area contributed by atoms with Crippen molar-refractivity contribution >= 4 is 22.6 Å². The summed E-state index contributed by atoms with van der Waals surface area (Å²) >= 11 is 0. The third-order valence-electron chi connectivity index (χ3n) is 3.89. The van der Waals surface area contributed by atoms with Gasteiger partial charge in [-0.2, -0.15) is 0 Å². The first kappa shape index (κ1) is 16.3. The molecule has 2 aromatic rings. The number of carbonyl (C=O) groups excluding carboxylic acids is 1. The van der Waals surface area contributed by atoms with E-state index in [1.165, 1.54) is 12.8 Å². The molecule has 22 heavy (non-hydrogen) atoms. The molecule has 1 atom stereocenters. The summed E-state index contributed by atoms with van der Waals surface area (Å²) in [5.41, 5.74) is 0.798. The minimum absolute atomic E-state index is 0.00141. The van der Waals surface area contributed by atoms with E-state index >= 15 is 0 Å². The Labute approximate surface area is 132 Å². The molecule has 0 radical (unpaired) electrons. The predicted octanol–water partition coefficient (Wildman–Crippen LogP) is 5.75. The number of nitrogens with one attached hydrogen (secondary N) is 1. The van der Waals surface area contributed by atoms with Crippen molar-refractivity contribution in [3.8, 4) is 0 Å². The van der Waals surface area contributed by atoms with Crippen LogP contribution in [0.4, 0.5) is 10.5 Å². The zero-order valence-corrected chi connectivity index (χ0v) is 13.5. The van der Waals surface area contributed by atoms with Gasteiger partial charge in [-0.25, -0.2) is 4.79 Å². The van der Waals surface area contributed by atoms with Gasteiger partial charge in [0.1, 0.15) is 6.10 Å². The summed E-state index contributed by atoms with van der Waals surface area (Å²) < 4.78 is 5.55. The van der Waals surface area contributed by atoms with Crippen molar-refractivity contribution in [3.63, 3.8) is 0 Å². The van der Waals surface area contributed by atoms with Crippen LogP contribution in [0.3, 0.4) is 0 Å². The molecule has 0 aliphatic heterocycles. The molecule has 0 aromatic heterocycles. The highest BCUT2D eigenvalue weighted by atomic mass is 16.6. The van der Waals surface area contributed by atoms with Gasteiger partial charge in [0.2, 0.25) is 0 Å². The Bertz CT molecular complexity index is 604. The largest absolute Gasteiger partial charge is 0.446 e. The van der Waals surface area contributed by atoms with E-state index in [0.717, 1.165) is 35.7 Å². The SMILES string of the molecule is CCCCCC(CC)OC(=O)Nc1cccc2ccccc12. The van der Waals surface area contributed by atoms with E-state index in [4.69, 9.17) is 4.74 Å². The number of rotatable bonds is 7. The third kappa shape index (κ3) is 4.48. The first-order valence-electron chi connectivity index (χ1n) is 8.20. The first-order valence-corrected chi connectivity index (χ1v) is 8.20. The second kappa shape index (κ2) is 8.42. The van der Waals surface area contributed by atoms with Crippen LogP contribution in [0.1, 0.15) is 46.0 Å². The topological polar surface area (TPSA) is 38.3 Å². The maximum Gasteiger partial charge on any atom is 0.411 e. The Morgan fingerprint density at radius 1 is 1.09 bits per heavy atom. The van der Waals surface area contributed by atoms with Gasteiger partial charge < -0.3 is 4.74 Å². The van der Waals surface area contributed by atoms with E-state index < -0.39 is 0 Å². The van der Waals surface area contributed by atoms with E-state index in [1.807, 2.05) is 42.5 Å². The Morgan fingerprint density at radius 3 is 2.64 bits per heavy atom. The molecule has 0 bridgehead atoms. The zero-order valence-electron chi connectivity index (χ0n) is 13.5. The van der Waals surface area contributed by atoms with Crippen molar-refractivity contribution < 1.29 is 9.53 Å². The van der Waals surface area contributed by atoms with Crippen LogP contribution in [-0.4, -0.2) is 12.2 Å². The minimum atomic E-state index is -0.361. The highest BCUT2D eigenvalue weighted by molar-refractivity contribution is 6.00. The number of unbranched alkanes of at least 4 members (excludes halogenated alkanes) is 2. The maximum atomic E-state index is 12.1. The molecular weight excluding hydrogens is 274 g/mol. The lowest BCUT2D eigenvalue weighted by Crippen LogP contribution is -2.22. The number of fused-ring (bicyclic) bond motifs is 1. The molecule has 2 rings (SSSR count). The van der Waals surface area contributed by atoms with E-state index in [2.05, 4.69) is 19.2 Å². The molecular formula is C19H25NO2. The fraction of sp³-hybridized carbons (Fsp3) is 0.421. The van der Waals surface area contributed by atoms with Crippen LogP contribution in [0.2, 0.25) is 0 Å². The van der Waals surface area contributed by atoms with Crippen molar-refractivity contribution in [2.24, 2.45) is 0 Å². The van der Waals surface area contributed by atoms with E-state index in [9.17, 15) is 4.79 Å². The van der Waals surface area contributed by atoms with Crippen LogP contribution >= 0.6 is 0 Å². The second-order valence-corrected chi connectivity index (χ2v) is 5.58. The van der Waals surface area contributed by atoms with E-state index in [0.29, 0.717) is 0 Å². The molecule has 0 spiro atoms. The zero-order chi connectivity index (χ0) is 15.8. The number of hydrogen-bond acceptors (Lipinski definition) is 2.